The van der Waals surface area contributed by atoms with Crippen LogP contribution < -0.4 is 10.2 Å². The summed E-state index contributed by atoms with van der Waals surface area (Å²) >= 11 is 11.8. The molecule has 0 spiro atoms. The first kappa shape index (κ1) is 18.3. The zero-order valence-electron chi connectivity index (χ0n) is 13.3. The first-order valence-electron chi connectivity index (χ1n) is 7.52. The molecule has 0 aliphatic heterocycles. The molecule has 0 saturated heterocycles. The van der Waals surface area contributed by atoms with Crippen LogP contribution in [0.25, 0.3) is 0 Å². The monoisotopic (exact) mass is 364 g/mol. The van der Waals surface area contributed by atoms with E-state index < -0.39 is 0 Å². The second-order valence-electron chi connectivity index (χ2n) is 5.12. The van der Waals surface area contributed by atoms with Crippen LogP contribution in [-0.2, 0) is 4.79 Å². The van der Waals surface area contributed by atoms with E-state index in [0.717, 1.165) is 11.3 Å². The summed E-state index contributed by atoms with van der Waals surface area (Å²) in [5.41, 5.74) is 4.28. The molecule has 126 valence electrons. The highest BCUT2D eigenvalue weighted by Crippen LogP contribution is 2.27. The number of rotatable bonds is 7. The molecule has 0 saturated carbocycles. The minimum absolute atomic E-state index is 0.156. The van der Waals surface area contributed by atoms with Crippen molar-refractivity contribution in [3.63, 3.8) is 0 Å². The van der Waals surface area contributed by atoms with Gasteiger partial charge in [-0.25, -0.2) is 5.43 Å². The molecule has 2 aromatic rings. The second kappa shape index (κ2) is 9.30. The topological polar surface area (TPSA) is 50.7 Å². The summed E-state index contributed by atoms with van der Waals surface area (Å²) in [6.07, 6.45) is 0.876. The van der Waals surface area contributed by atoms with Gasteiger partial charge in [-0.2, -0.15) is 5.10 Å². The summed E-state index contributed by atoms with van der Waals surface area (Å²) < 4.78 is 5.53. The number of carbonyl (C=O) groups is 1. The van der Waals surface area contributed by atoms with Gasteiger partial charge in [-0.05, 0) is 37.1 Å². The maximum atomic E-state index is 11.8. The van der Waals surface area contributed by atoms with Gasteiger partial charge in [0.2, 0.25) is 5.91 Å². The summed E-state index contributed by atoms with van der Waals surface area (Å²) in [5.74, 6) is 0.399. The molecule has 2 aromatic carbocycles. The van der Waals surface area contributed by atoms with E-state index in [4.69, 9.17) is 27.9 Å². The molecule has 0 aliphatic rings. The van der Waals surface area contributed by atoms with Crippen molar-refractivity contribution in [2.75, 3.05) is 6.61 Å². The van der Waals surface area contributed by atoms with E-state index in [1.54, 1.807) is 18.2 Å². The number of amides is 1. The molecule has 0 radical (unpaired) electrons. The van der Waals surface area contributed by atoms with Crippen LogP contribution in [0, 0.1) is 0 Å². The maximum Gasteiger partial charge on any atom is 0.240 e. The standard InChI is InChI=1S/C18H18Cl2N2O2/c1-13(14-6-3-2-4-7-14)21-22-18(23)8-5-11-24-17-10-9-15(19)12-16(17)20/h2-4,6-7,9-10,12H,5,8,11H2,1H3,(H,22,23). The van der Waals surface area contributed by atoms with E-state index in [1.165, 1.54) is 0 Å². The number of hydrazone groups is 1. The van der Waals surface area contributed by atoms with Crippen LogP contribution in [0.3, 0.4) is 0 Å². The summed E-state index contributed by atoms with van der Waals surface area (Å²) in [5, 5.41) is 5.10. The van der Waals surface area contributed by atoms with E-state index in [2.05, 4.69) is 10.5 Å². The highest BCUT2D eigenvalue weighted by atomic mass is 35.5. The van der Waals surface area contributed by atoms with Gasteiger partial charge in [0.1, 0.15) is 5.75 Å². The number of carbonyl (C=O) groups excluding carboxylic acids is 1. The molecule has 1 N–H and O–H groups in total. The Labute approximate surface area is 151 Å². The van der Waals surface area contributed by atoms with Gasteiger partial charge < -0.3 is 4.74 Å². The van der Waals surface area contributed by atoms with Crippen molar-refractivity contribution in [3.05, 3.63) is 64.1 Å². The highest BCUT2D eigenvalue weighted by Gasteiger charge is 2.04. The van der Waals surface area contributed by atoms with Crippen molar-refractivity contribution in [2.45, 2.75) is 19.8 Å². The molecule has 0 bridgehead atoms. The van der Waals surface area contributed by atoms with E-state index in [9.17, 15) is 4.79 Å². The predicted octanol–water partition coefficient (Wildman–Crippen LogP) is 4.69. The van der Waals surface area contributed by atoms with Gasteiger partial charge in [0.05, 0.1) is 17.3 Å². The summed E-state index contributed by atoms with van der Waals surface area (Å²) in [6, 6.07) is 14.7. The van der Waals surface area contributed by atoms with Crippen molar-refractivity contribution < 1.29 is 9.53 Å². The minimum Gasteiger partial charge on any atom is -0.492 e. The fourth-order valence-corrected chi connectivity index (χ4v) is 2.42. The van der Waals surface area contributed by atoms with Crippen LogP contribution in [0.5, 0.6) is 5.75 Å². The quantitative estimate of drug-likeness (QED) is 0.440. The molecule has 2 rings (SSSR count). The van der Waals surface area contributed by atoms with E-state index in [1.807, 2.05) is 37.3 Å². The van der Waals surface area contributed by atoms with Crippen molar-refractivity contribution in [1.29, 1.82) is 0 Å². The Morgan fingerprint density at radius 2 is 1.92 bits per heavy atom. The number of hydrogen-bond acceptors (Lipinski definition) is 3. The number of nitrogens with zero attached hydrogens (tertiary/aromatic N) is 1. The molecule has 0 unspecified atom stereocenters. The van der Waals surface area contributed by atoms with Crippen molar-refractivity contribution >= 4 is 34.8 Å². The Hall–Kier alpha value is -2.04. The lowest BCUT2D eigenvalue weighted by Crippen LogP contribution is -2.19. The second-order valence-corrected chi connectivity index (χ2v) is 5.97. The SMILES string of the molecule is CC(=NNC(=O)CCCOc1ccc(Cl)cc1Cl)c1ccccc1. The maximum absolute atomic E-state index is 11.8. The molecule has 6 heteroatoms. The lowest BCUT2D eigenvalue weighted by atomic mass is 10.1. The Morgan fingerprint density at radius 3 is 2.62 bits per heavy atom. The lowest BCUT2D eigenvalue weighted by Gasteiger charge is -2.08. The highest BCUT2D eigenvalue weighted by molar-refractivity contribution is 6.35. The molecule has 4 nitrogen and oxygen atoms in total. The summed E-state index contributed by atoms with van der Waals surface area (Å²) in [7, 11) is 0. The van der Waals surface area contributed by atoms with E-state index >= 15 is 0 Å². The van der Waals surface area contributed by atoms with Crippen LogP contribution in [0.2, 0.25) is 10.0 Å². The molecule has 0 fully saturated rings. The molecule has 0 aliphatic carbocycles. The van der Waals surface area contributed by atoms with Gasteiger partial charge >= 0.3 is 0 Å². The zero-order chi connectivity index (χ0) is 17.4. The van der Waals surface area contributed by atoms with Crippen LogP contribution in [-0.4, -0.2) is 18.2 Å². The number of halogens is 2. The van der Waals surface area contributed by atoms with Crippen molar-refractivity contribution in [2.24, 2.45) is 5.10 Å². The van der Waals surface area contributed by atoms with Crippen LogP contribution >= 0.6 is 23.2 Å². The normalized spacial score (nSPS) is 11.2. The number of nitrogens with one attached hydrogen (secondary N) is 1. The molecule has 1 amide bonds. The van der Waals surface area contributed by atoms with E-state index in [0.29, 0.717) is 35.2 Å². The third-order valence-electron chi connectivity index (χ3n) is 3.24. The Bertz CT molecular complexity index is 718. The Balaban J connectivity index is 1.72. The molecule has 24 heavy (non-hydrogen) atoms. The van der Waals surface area contributed by atoms with Gasteiger partial charge in [-0.3, -0.25) is 4.79 Å². The fraction of sp³-hybridized carbons (Fsp3) is 0.222. The lowest BCUT2D eigenvalue weighted by molar-refractivity contribution is -0.121. The first-order chi connectivity index (χ1) is 11.6. The van der Waals surface area contributed by atoms with Crippen molar-refractivity contribution in [3.8, 4) is 5.75 Å². The zero-order valence-corrected chi connectivity index (χ0v) is 14.8. The number of hydrogen-bond donors (Lipinski definition) is 1. The van der Waals surface area contributed by atoms with Gasteiger partial charge in [-0.15, -0.1) is 0 Å². The average Bonchev–Trinajstić information content (AvgIpc) is 2.59. The number of ether oxygens (including phenoxy) is 1. The molecule has 0 aromatic heterocycles. The molecular weight excluding hydrogens is 347 g/mol. The predicted molar refractivity (Wildman–Crippen MR) is 98.0 cm³/mol. The van der Waals surface area contributed by atoms with Gasteiger partial charge in [-0.1, -0.05) is 53.5 Å². The minimum atomic E-state index is -0.156. The van der Waals surface area contributed by atoms with Gasteiger partial charge in [0.25, 0.3) is 0 Å². The largest absolute Gasteiger partial charge is 0.492 e. The molecule has 0 atom stereocenters. The average molecular weight is 365 g/mol. The third-order valence-corrected chi connectivity index (χ3v) is 3.77. The summed E-state index contributed by atoms with van der Waals surface area (Å²) in [6.45, 7) is 2.23. The summed E-state index contributed by atoms with van der Waals surface area (Å²) in [4.78, 5) is 11.8. The molecule has 0 heterocycles. The number of benzene rings is 2. The van der Waals surface area contributed by atoms with Crippen molar-refractivity contribution in [1.82, 2.24) is 5.43 Å². The molecular formula is C18H18Cl2N2O2. The smallest absolute Gasteiger partial charge is 0.240 e. The van der Waals surface area contributed by atoms with Gasteiger partial charge in [0.15, 0.2) is 0 Å². The Morgan fingerprint density at radius 1 is 1.17 bits per heavy atom. The van der Waals surface area contributed by atoms with Crippen LogP contribution in [0.15, 0.2) is 53.6 Å². The third kappa shape index (κ3) is 5.87. The van der Waals surface area contributed by atoms with Gasteiger partial charge in [0, 0.05) is 11.4 Å². The van der Waals surface area contributed by atoms with E-state index in [-0.39, 0.29) is 5.91 Å². The fourth-order valence-electron chi connectivity index (χ4n) is 1.95. The van der Waals surface area contributed by atoms with Crippen LogP contribution in [0.1, 0.15) is 25.3 Å². The first-order valence-corrected chi connectivity index (χ1v) is 8.28. The van der Waals surface area contributed by atoms with Crippen LogP contribution in [0.4, 0.5) is 0 Å². The Kier molecular flexibility index (Phi) is 7.09.